The van der Waals surface area contributed by atoms with E-state index in [2.05, 4.69) is 5.32 Å². The number of hydrogen-bond acceptors (Lipinski definition) is 3. The summed E-state index contributed by atoms with van der Waals surface area (Å²) in [5.41, 5.74) is 1.96. The van der Waals surface area contributed by atoms with Crippen LogP contribution in [0.1, 0.15) is 44.2 Å². The summed E-state index contributed by atoms with van der Waals surface area (Å²) in [6.45, 7) is 6.05. The molecule has 1 unspecified atom stereocenters. The second kappa shape index (κ2) is 13.8. The normalized spacial score (nSPS) is 11.7. The summed E-state index contributed by atoms with van der Waals surface area (Å²) < 4.78 is 5.35. The lowest BCUT2D eigenvalue weighted by molar-refractivity contribution is -0.141. The Balaban J connectivity index is 2.23. The summed E-state index contributed by atoms with van der Waals surface area (Å²) >= 11 is 6.02. The molecule has 0 aromatic heterocycles. The minimum Gasteiger partial charge on any atom is -0.382 e. The van der Waals surface area contributed by atoms with E-state index in [1.165, 1.54) is 0 Å². The van der Waals surface area contributed by atoms with Crippen LogP contribution in [0.25, 0.3) is 0 Å². The highest BCUT2D eigenvalue weighted by atomic mass is 35.5. The number of amides is 2. The second-order valence-corrected chi connectivity index (χ2v) is 7.88. The average molecular weight is 445 g/mol. The molecule has 0 saturated heterocycles. The molecule has 2 rings (SSSR count). The van der Waals surface area contributed by atoms with Gasteiger partial charge in [-0.2, -0.15) is 0 Å². The molecule has 1 atom stereocenters. The number of halogens is 1. The maximum absolute atomic E-state index is 13.2. The van der Waals surface area contributed by atoms with Crippen molar-refractivity contribution < 1.29 is 14.3 Å². The first-order valence-corrected chi connectivity index (χ1v) is 11.4. The smallest absolute Gasteiger partial charge is 0.243 e. The Labute approximate surface area is 190 Å². The van der Waals surface area contributed by atoms with E-state index in [4.69, 9.17) is 16.3 Å². The van der Waals surface area contributed by atoms with Gasteiger partial charge in [0.15, 0.2) is 0 Å². The van der Waals surface area contributed by atoms with Crippen molar-refractivity contribution >= 4 is 23.4 Å². The van der Waals surface area contributed by atoms with Crippen molar-refractivity contribution in [3.05, 3.63) is 70.7 Å². The SMILES string of the molecule is CCCC(=O)N(Cc1ccc(Cl)cc1)C(Cc1ccccc1)C(=O)NCCCOCC. The van der Waals surface area contributed by atoms with Gasteiger partial charge in [0.2, 0.25) is 11.8 Å². The van der Waals surface area contributed by atoms with Crippen molar-refractivity contribution in [3.8, 4) is 0 Å². The first-order chi connectivity index (χ1) is 15.0. The van der Waals surface area contributed by atoms with Crippen LogP contribution in [0.3, 0.4) is 0 Å². The van der Waals surface area contributed by atoms with Gasteiger partial charge in [0.1, 0.15) is 6.04 Å². The Hall–Kier alpha value is -2.37. The summed E-state index contributed by atoms with van der Waals surface area (Å²) in [5, 5.41) is 3.64. The molecular weight excluding hydrogens is 412 g/mol. The number of carbonyl (C=O) groups excluding carboxylic acids is 2. The van der Waals surface area contributed by atoms with Gasteiger partial charge in [-0.15, -0.1) is 0 Å². The average Bonchev–Trinajstić information content (AvgIpc) is 2.78. The topological polar surface area (TPSA) is 58.6 Å². The van der Waals surface area contributed by atoms with E-state index >= 15 is 0 Å². The summed E-state index contributed by atoms with van der Waals surface area (Å²) in [4.78, 5) is 28.0. The molecule has 168 valence electrons. The van der Waals surface area contributed by atoms with Crippen molar-refractivity contribution in [1.29, 1.82) is 0 Å². The first-order valence-electron chi connectivity index (χ1n) is 11.0. The third kappa shape index (κ3) is 8.72. The second-order valence-electron chi connectivity index (χ2n) is 7.45. The van der Waals surface area contributed by atoms with Crippen molar-refractivity contribution in [3.63, 3.8) is 0 Å². The Bertz CT molecular complexity index is 796. The zero-order valence-electron chi connectivity index (χ0n) is 18.5. The van der Waals surface area contributed by atoms with E-state index < -0.39 is 6.04 Å². The highest BCUT2D eigenvalue weighted by Crippen LogP contribution is 2.18. The highest BCUT2D eigenvalue weighted by Gasteiger charge is 2.29. The molecule has 0 heterocycles. The summed E-state index contributed by atoms with van der Waals surface area (Å²) in [5.74, 6) is -0.165. The maximum atomic E-state index is 13.2. The third-order valence-corrected chi connectivity index (χ3v) is 5.22. The van der Waals surface area contributed by atoms with Gasteiger partial charge in [-0.1, -0.05) is 61.0 Å². The molecule has 5 nitrogen and oxygen atoms in total. The summed E-state index contributed by atoms with van der Waals surface area (Å²) in [7, 11) is 0. The zero-order valence-corrected chi connectivity index (χ0v) is 19.2. The number of nitrogens with zero attached hydrogens (tertiary/aromatic N) is 1. The Kier molecular flexibility index (Phi) is 11.1. The van der Waals surface area contributed by atoms with Gasteiger partial charge >= 0.3 is 0 Å². The van der Waals surface area contributed by atoms with Crippen molar-refractivity contribution in [2.75, 3.05) is 19.8 Å². The lowest BCUT2D eigenvalue weighted by atomic mass is 10.0. The fourth-order valence-corrected chi connectivity index (χ4v) is 3.47. The monoisotopic (exact) mass is 444 g/mol. The minimum absolute atomic E-state index is 0.0251. The number of ether oxygens (including phenoxy) is 1. The molecule has 6 heteroatoms. The van der Waals surface area contributed by atoms with Crippen LogP contribution in [0.2, 0.25) is 5.02 Å². The van der Waals surface area contributed by atoms with E-state index in [-0.39, 0.29) is 11.8 Å². The maximum Gasteiger partial charge on any atom is 0.243 e. The van der Waals surface area contributed by atoms with E-state index in [9.17, 15) is 9.59 Å². The van der Waals surface area contributed by atoms with Gasteiger partial charge in [-0.25, -0.2) is 0 Å². The van der Waals surface area contributed by atoms with E-state index in [1.54, 1.807) is 17.0 Å². The Morgan fingerprint density at radius 3 is 2.39 bits per heavy atom. The number of nitrogens with one attached hydrogen (secondary N) is 1. The Morgan fingerprint density at radius 2 is 1.74 bits per heavy atom. The van der Waals surface area contributed by atoms with E-state index in [1.807, 2.05) is 56.3 Å². The molecule has 2 amide bonds. The quantitative estimate of drug-likeness (QED) is 0.458. The molecular formula is C25H33ClN2O3. The molecule has 2 aromatic carbocycles. The fraction of sp³-hybridized carbons (Fsp3) is 0.440. The van der Waals surface area contributed by atoms with Crippen LogP contribution in [0.4, 0.5) is 0 Å². The third-order valence-electron chi connectivity index (χ3n) is 4.97. The van der Waals surface area contributed by atoms with Gasteiger partial charge in [-0.05, 0) is 43.0 Å². The Morgan fingerprint density at radius 1 is 1.03 bits per heavy atom. The van der Waals surface area contributed by atoms with Gasteiger partial charge in [0.05, 0.1) is 0 Å². The lowest BCUT2D eigenvalue weighted by Crippen LogP contribution is -2.50. The molecule has 0 bridgehead atoms. The molecule has 1 N–H and O–H groups in total. The van der Waals surface area contributed by atoms with Crippen LogP contribution < -0.4 is 5.32 Å². The van der Waals surface area contributed by atoms with Crippen molar-refractivity contribution in [2.24, 2.45) is 0 Å². The van der Waals surface area contributed by atoms with Crippen LogP contribution in [0, 0.1) is 0 Å². The standard InChI is InChI=1S/C25H33ClN2O3/c1-3-9-24(29)28(19-21-12-14-22(26)15-13-21)23(18-20-10-6-5-7-11-20)25(30)27-16-8-17-31-4-2/h5-7,10-15,23H,3-4,8-9,16-19H2,1-2H3,(H,27,30). The number of hydrogen-bond donors (Lipinski definition) is 1. The molecule has 0 radical (unpaired) electrons. The van der Waals surface area contributed by atoms with E-state index in [0.29, 0.717) is 44.2 Å². The van der Waals surface area contributed by atoms with Gasteiger partial charge in [0.25, 0.3) is 0 Å². The minimum atomic E-state index is -0.593. The molecule has 0 spiro atoms. The number of carbonyl (C=O) groups is 2. The van der Waals surface area contributed by atoms with Gasteiger partial charge in [-0.3, -0.25) is 9.59 Å². The van der Waals surface area contributed by atoms with E-state index in [0.717, 1.165) is 24.0 Å². The lowest BCUT2D eigenvalue weighted by Gasteiger charge is -2.31. The highest BCUT2D eigenvalue weighted by molar-refractivity contribution is 6.30. The zero-order chi connectivity index (χ0) is 22.5. The molecule has 2 aromatic rings. The summed E-state index contributed by atoms with van der Waals surface area (Å²) in [6, 6.07) is 16.6. The van der Waals surface area contributed by atoms with Gasteiger partial charge < -0.3 is 15.0 Å². The van der Waals surface area contributed by atoms with Gasteiger partial charge in [0, 0.05) is 44.2 Å². The molecule has 0 saturated carbocycles. The van der Waals surface area contributed by atoms with Crippen LogP contribution in [-0.4, -0.2) is 42.5 Å². The van der Waals surface area contributed by atoms with Crippen LogP contribution in [0.15, 0.2) is 54.6 Å². The molecule has 0 aliphatic rings. The van der Waals surface area contributed by atoms with Crippen LogP contribution in [0.5, 0.6) is 0 Å². The van der Waals surface area contributed by atoms with Crippen molar-refractivity contribution in [1.82, 2.24) is 10.2 Å². The molecule has 31 heavy (non-hydrogen) atoms. The largest absolute Gasteiger partial charge is 0.382 e. The van der Waals surface area contributed by atoms with Crippen molar-refractivity contribution in [2.45, 2.75) is 52.1 Å². The van der Waals surface area contributed by atoms with Crippen LogP contribution in [-0.2, 0) is 27.3 Å². The van der Waals surface area contributed by atoms with Crippen LogP contribution >= 0.6 is 11.6 Å². The molecule has 0 aliphatic heterocycles. The predicted octanol–water partition coefficient (Wildman–Crippen LogP) is 4.62. The molecule has 0 fully saturated rings. The predicted molar refractivity (Wildman–Crippen MR) is 125 cm³/mol. The number of benzene rings is 2. The molecule has 0 aliphatic carbocycles. The first kappa shape index (κ1) is 24.9. The summed E-state index contributed by atoms with van der Waals surface area (Å²) in [6.07, 6.45) is 2.32. The number of rotatable bonds is 13. The fourth-order valence-electron chi connectivity index (χ4n) is 3.35.